The number of halogens is 1. The van der Waals surface area contributed by atoms with Crippen molar-refractivity contribution in [1.82, 2.24) is 5.32 Å². The second kappa shape index (κ2) is 6.24. The van der Waals surface area contributed by atoms with E-state index in [2.05, 4.69) is 12.2 Å². The zero-order chi connectivity index (χ0) is 13.0. The fourth-order valence-electron chi connectivity index (χ4n) is 2.58. The van der Waals surface area contributed by atoms with Crippen molar-refractivity contribution < 1.29 is 4.79 Å². The van der Waals surface area contributed by atoms with Crippen LogP contribution in [0.1, 0.15) is 38.2 Å². The van der Waals surface area contributed by atoms with Crippen molar-refractivity contribution >= 4 is 17.5 Å². The predicted octanol–water partition coefficient (Wildman–Crippen LogP) is 3.58. The van der Waals surface area contributed by atoms with Gasteiger partial charge in [-0.3, -0.25) is 4.79 Å². The van der Waals surface area contributed by atoms with E-state index in [-0.39, 0.29) is 5.91 Å². The summed E-state index contributed by atoms with van der Waals surface area (Å²) in [4.78, 5) is 12.0. The van der Waals surface area contributed by atoms with Gasteiger partial charge in [0.05, 0.1) is 6.42 Å². The molecule has 98 valence electrons. The molecule has 1 fully saturated rings. The van der Waals surface area contributed by atoms with Gasteiger partial charge in [0, 0.05) is 11.1 Å². The number of carbonyl (C=O) groups is 1. The summed E-state index contributed by atoms with van der Waals surface area (Å²) in [6, 6.07) is 7.83. The fraction of sp³-hybridized carbons (Fsp3) is 0.533. The van der Waals surface area contributed by atoms with Crippen LogP contribution < -0.4 is 5.32 Å². The molecule has 1 aliphatic carbocycles. The largest absolute Gasteiger partial charge is 0.353 e. The minimum atomic E-state index is 0.121. The second-order valence-electron chi connectivity index (χ2n) is 5.24. The van der Waals surface area contributed by atoms with Crippen molar-refractivity contribution in [1.29, 1.82) is 0 Å². The molecule has 1 aliphatic rings. The van der Waals surface area contributed by atoms with Crippen LogP contribution in [0.2, 0.25) is 5.02 Å². The molecule has 0 saturated heterocycles. The first-order valence-corrected chi connectivity index (χ1v) is 7.07. The highest BCUT2D eigenvalue weighted by Gasteiger charge is 2.22. The van der Waals surface area contributed by atoms with E-state index >= 15 is 0 Å². The van der Waals surface area contributed by atoms with Crippen LogP contribution in [0, 0.1) is 5.92 Å². The average molecular weight is 266 g/mol. The van der Waals surface area contributed by atoms with Crippen molar-refractivity contribution in [2.24, 2.45) is 5.92 Å². The third kappa shape index (κ3) is 3.74. The SMILES string of the molecule is CC1CCCCC1NC(=O)Cc1ccc(Cl)cc1. The number of hydrogen-bond donors (Lipinski definition) is 1. The Labute approximate surface area is 114 Å². The molecule has 1 N–H and O–H groups in total. The van der Waals surface area contributed by atoms with Gasteiger partial charge in [-0.25, -0.2) is 0 Å². The molecule has 18 heavy (non-hydrogen) atoms. The van der Waals surface area contributed by atoms with E-state index in [4.69, 9.17) is 11.6 Å². The smallest absolute Gasteiger partial charge is 0.224 e. The standard InChI is InChI=1S/C15H20ClNO/c1-11-4-2-3-5-14(11)17-15(18)10-12-6-8-13(16)9-7-12/h6-9,11,14H,2-5,10H2,1H3,(H,17,18). The normalized spacial score (nSPS) is 23.7. The third-order valence-electron chi connectivity index (χ3n) is 3.74. The van der Waals surface area contributed by atoms with E-state index in [1.807, 2.05) is 24.3 Å². The van der Waals surface area contributed by atoms with Crippen LogP contribution in [0.4, 0.5) is 0 Å². The van der Waals surface area contributed by atoms with Crippen LogP contribution in [0.25, 0.3) is 0 Å². The van der Waals surface area contributed by atoms with Gasteiger partial charge in [-0.05, 0) is 36.5 Å². The van der Waals surface area contributed by atoms with Gasteiger partial charge in [-0.2, -0.15) is 0 Å². The number of hydrogen-bond acceptors (Lipinski definition) is 1. The lowest BCUT2D eigenvalue weighted by atomic mass is 9.86. The van der Waals surface area contributed by atoms with Crippen molar-refractivity contribution in [3.05, 3.63) is 34.9 Å². The van der Waals surface area contributed by atoms with Gasteiger partial charge in [0.2, 0.25) is 5.91 Å². The predicted molar refractivity (Wildman–Crippen MR) is 74.7 cm³/mol. The minimum Gasteiger partial charge on any atom is -0.353 e. The minimum absolute atomic E-state index is 0.121. The molecule has 2 nitrogen and oxygen atoms in total. The van der Waals surface area contributed by atoms with Gasteiger partial charge in [0.15, 0.2) is 0 Å². The Bertz CT molecular complexity index is 401. The Balaban J connectivity index is 1.86. The van der Waals surface area contributed by atoms with Crippen molar-refractivity contribution in [3.63, 3.8) is 0 Å². The fourth-order valence-corrected chi connectivity index (χ4v) is 2.70. The summed E-state index contributed by atoms with van der Waals surface area (Å²) in [5.74, 6) is 0.726. The maximum Gasteiger partial charge on any atom is 0.224 e. The highest BCUT2D eigenvalue weighted by atomic mass is 35.5. The topological polar surface area (TPSA) is 29.1 Å². The number of nitrogens with one attached hydrogen (secondary N) is 1. The molecule has 2 unspecified atom stereocenters. The molecule has 2 rings (SSSR count). The Kier molecular flexibility index (Phi) is 4.65. The summed E-state index contributed by atoms with van der Waals surface area (Å²) in [5.41, 5.74) is 1.01. The highest BCUT2D eigenvalue weighted by Crippen LogP contribution is 2.23. The monoisotopic (exact) mass is 265 g/mol. The highest BCUT2D eigenvalue weighted by molar-refractivity contribution is 6.30. The van der Waals surface area contributed by atoms with Crippen LogP contribution in [0.3, 0.4) is 0 Å². The van der Waals surface area contributed by atoms with E-state index in [0.717, 1.165) is 12.0 Å². The Morgan fingerprint density at radius 1 is 1.28 bits per heavy atom. The second-order valence-corrected chi connectivity index (χ2v) is 5.68. The third-order valence-corrected chi connectivity index (χ3v) is 3.99. The zero-order valence-corrected chi connectivity index (χ0v) is 11.5. The maximum atomic E-state index is 12.0. The number of amides is 1. The number of benzene rings is 1. The van der Waals surface area contributed by atoms with Crippen molar-refractivity contribution in [2.75, 3.05) is 0 Å². The molecule has 3 heteroatoms. The van der Waals surface area contributed by atoms with Gasteiger partial charge < -0.3 is 5.32 Å². The van der Waals surface area contributed by atoms with Crippen LogP contribution in [-0.4, -0.2) is 11.9 Å². The summed E-state index contributed by atoms with van der Waals surface area (Å²) in [6.07, 6.45) is 5.32. The molecule has 0 aliphatic heterocycles. The van der Waals surface area contributed by atoms with Crippen LogP contribution in [0.15, 0.2) is 24.3 Å². The van der Waals surface area contributed by atoms with Gasteiger partial charge in [-0.1, -0.05) is 43.5 Å². The quantitative estimate of drug-likeness (QED) is 0.889. The molecule has 1 amide bonds. The van der Waals surface area contributed by atoms with Gasteiger partial charge >= 0.3 is 0 Å². The summed E-state index contributed by atoms with van der Waals surface area (Å²) in [5, 5.41) is 3.87. The van der Waals surface area contributed by atoms with E-state index < -0.39 is 0 Å². The number of rotatable bonds is 3. The first-order valence-electron chi connectivity index (χ1n) is 6.69. The number of carbonyl (C=O) groups excluding carboxylic acids is 1. The first-order chi connectivity index (χ1) is 8.65. The van der Waals surface area contributed by atoms with Gasteiger partial charge in [0.1, 0.15) is 0 Å². The summed E-state index contributed by atoms with van der Waals surface area (Å²) < 4.78 is 0. The molecule has 0 heterocycles. The van der Waals surface area contributed by atoms with Crippen LogP contribution in [0.5, 0.6) is 0 Å². The lowest BCUT2D eigenvalue weighted by Crippen LogP contribution is -2.41. The van der Waals surface area contributed by atoms with Crippen LogP contribution >= 0.6 is 11.6 Å². The molecular formula is C15H20ClNO. The molecule has 1 saturated carbocycles. The molecule has 1 aromatic carbocycles. The maximum absolute atomic E-state index is 12.0. The molecule has 0 radical (unpaired) electrons. The van der Waals surface area contributed by atoms with Gasteiger partial charge in [-0.15, -0.1) is 0 Å². The van der Waals surface area contributed by atoms with Crippen molar-refractivity contribution in [3.8, 4) is 0 Å². The molecular weight excluding hydrogens is 246 g/mol. The van der Waals surface area contributed by atoms with Gasteiger partial charge in [0.25, 0.3) is 0 Å². The molecule has 0 aromatic heterocycles. The summed E-state index contributed by atoms with van der Waals surface area (Å²) in [6.45, 7) is 2.23. The van der Waals surface area contributed by atoms with E-state index in [0.29, 0.717) is 23.4 Å². The van der Waals surface area contributed by atoms with E-state index in [1.165, 1.54) is 19.3 Å². The molecule has 0 bridgehead atoms. The summed E-state index contributed by atoms with van der Waals surface area (Å²) in [7, 11) is 0. The molecule has 1 aromatic rings. The lowest BCUT2D eigenvalue weighted by molar-refractivity contribution is -0.121. The Morgan fingerprint density at radius 2 is 1.94 bits per heavy atom. The molecule has 0 spiro atoms. The average Bonchev–Trinajstić information content (AvgIpc) is 2.35. The first kappa shape index (κ1) is 13.4. The molecule has 2 atom stereocenters. The van der Waals surface area contributed by atoms with E-state index in [9.17, 15) is 4.79 Å². The van der Waals surface area contributed by atoms with Crippen molar-refractivity contribution in [2.45, 2.75) is 45.1 Å². The Hall–Kier alpha value is -1.02. The van der Waals surface area contributed by atoms with Crippen LogP contribution in [-0.2, 0) is 11.2 Å². The lowest BCUT2D eigenvalue weighted by Gasteiger charge is -2.29. The Morgan fingerprint density at radius 3 is 2.61 bits per heavy atom. The zero-order valence-electron chi connectivity index (χ0n) is 10.8. The van der Waals surface area contributed by atoms with E-state index in [1.54, 1.807) is 0 Å². The summed E-state index contributed by atoms with van der Waals surface area (Å²) >= 11 is 5.82.